The minimum absolute atomic E-state index is 0.355. The van der Waals surface area contributed by atoms with Gasteiger partial charge in [0.1, 0.15) is 0 Å². The van der Waals surface area contributed by atoms with E-state index in [4.69, 9.17) is 11.4 Å². The highest BCUT2D eigenvalue weighted by Gasteiger charge is 2.01. The van der Waals surface area contributed by atoms with Gasteiger partial charge >= 0.3 is 0 Å². The average molecular weight is 242 g/mol. The number of nitrogens with one attached hydrogen (secondary N) is 1. The number of hydrogen-bond acceptors (Lipinski definition) is 5. The van der Waals surface area contributed by atoms with Gasteiger partial charge in [-0.15, -0.1) is 5.11 Å². The predicted molar refractivity (Wildman–Crippen MR) is 69.2 cm³/mol. The Hall–Kier alpha value is -2.37. The first-order valence-corrected chi connectivity index (χ1v) is 5.68. The summed E-state index contributed by atoms with van der Waals surface area (Å²) >= 11 is 0. The molecule has 2 rings (SSSR count). The van der Waals surface area contributed by atoms with Crippen molar-refractivity contribution >= 4 is 16.9 Å². The summed E-state index contributed by atoms with van der Waals surface area (Å²) in [5, 5.41) is 7.68. The highest BCUT2D eigenvalue weighted by molar-refractivity contribution is 5.81. The van der Waals surface area contributed by atoms with Gasteiger partial charge in [0.05, 0.1) is 0 Å². The lowest BCUT2D eigenvalue weighted by atomic mass is 10.1. The summed E-state index contributed by atoms with van der Waals surface area (Å²) in [7, 11) is 0. The summed E-state index contributed by atoms with van der Waals surface area (Å²) in [4.78, 5) is 8.68. The molecule has 0 aliphatic rings. The van der Waals surface area contributed by atoms with Crippen LogP contribution in [0.1, 0.15) is 18.5 Å². The summed E-state index contributed by atoms with van der Waals surface area (Å²) in [6.07, 6.45) is 3.92. The van der Waals surface area contributed by atoms with Crippen molar-refractivity contribution in [2.75, 3.05) is 0 Å². The van der Waals surface area contributed by atoms with E-state index in [1.807, 2.05) is 24.3 Å². The van der Waals surface area contributed by atoms with E-state index in [2.05, 4.69) is 20.2 Å². The first kappa shape index (κ1) is 12.1. The van der Waals surface area contributed by atoms with Crippen molar-refractivity contribution in [1.29, 1.82) is 5.53 Å². The molecular formula is C12H14N6. The third-order valence-corrected chi connectivity index (χ3v) is 2.63. The van der Waals surface area contributed by atoms with Crippen LogP contribution >= 0.6 is 0 Å². The van der Waals surface area contributed by atoms with Crippen molar-refractivity contribution in [3.8, 4) is 0 Å². The standard InChI is InChI=1S/C12H14N6/c13-17-11(18-14)5-1-4-10-7-6-9-3-2-8-15-12(9)16-10/h2-3,6-8,13H,1,4-5,14H2. The average Bonchev–Trinajstić information content (AvgIpc) is 2.43. The number of nitrogens with zero attached hydrogens (tertiary/aromatic N) is 4. The highest BCUT2D eigenvalue weighted by Crippen LogP contribution is 2.11. The molecule has 0 fully saturated rings. The van der Waals surface area contributed by atoms with Crippen LogP contribution < -0.4 is 5.84 Å². The molecule has 18 heavy (non-hydrogen) atoms. The zero-order chi connectivity index (χ0) is 12.8. The number of rotatable bonds is 4. The number of pyridine rings is 2. The maximum atomic E-state index is 6.84. The lowest BCUT2D eigenvalue weighted by Crippen LogP contribution is -2.00. The molecule has 6 heteroatoms. The van der Waals surface area contributed by atoms with Crippen LogP contribution in [0.4, 0.5) is 0 Å². The van der Waals surface area contributed by atoms with E-state index in [1.54, 1.807) is 6.20 Å². The van der Waals surface area contributed by atoms with Crippen molar-refractivity contribution in [3.63, 3.8) is 0 Å². The molecule has 6 nitrogen and oxygen atoms in total. The SMILES string of the molecule is N=NC(CCCc1ccc2cccnc2n1)=NN. The summed E-state index contributed by atoms with van der Waals surface area (Å²) < 4.78 is 0. The van der Waals surface area contributed by atoms with E-state index in [0.29, 0.717) is 12.3 Å². The molecule has 0 aliphatic heterocycles. The number of hydrogen-bond donors (Lipinski definition) is 2. The van der Waals surface area contributed by atoms with E-state index in [-0.39, 0.29) is 0 Å². The zero-order valence-corrected chi connectivity index (χ0v) is 9.87. The summed E-state index contributed by atoms with van der Waals surface area (Å²) in [5.41, 5.74) is 8.57. The third-order valence-electron chi connectivity index (χ3n) is 2.63. The molecule has 3 N–H and O–H groups in total. The van der Waals surface area contributed by atoms with Gasteiger partial charge in [0.15, 0.2) is 11.5 Å². The van der Waals surface area contributed by atoms with Crippen molar-refractivity contribution in [2.24, 2.45) is 16.1 Å². The van der Waals surface area contributed by atoms with Gasteiger partial charge in [-0.3, -0.25) is 0 Å². The number of nitrogens with two attached hydrogens (primary N) is 1. The number of aryl methyl sites for hydroxylation is 1. The first-order valence-electron chi connectivity index (χ1n) is 5.68. The van der Waals surface area contributed by atoms with Gasteiger partial charge in [-0.05, 0) is 37.1 Å². The molecule has 2 aromatic rings. The molecule has 0 amide bonds. The Labute approximate surface area is 104 Å². The molecule has 0 bridgehead atoms. The molecule has 0 aromatic carbocycles. The molecule has 0 unspecified atom stereocenters. The fourth-order valence-corrected chi connectivity index (χ4v) is 1.71. The maximum Gasteiger partial charge on any atom is 0.169 e. The van der Waals surface area contributed by atoms with Crippen molar-refractivity contribution in [1.82, 2.24) is 9.97 Å². The van der Waals surface area contributed by atoms with Gasteiger partial charge < -0.3 is 5.84 Å². The molecule has 92 valence electrons. The van der Waals surface area contributed by atoms with Gasteiger partial charge in [-0.25, -0.2) is 15.5 Å². The smallest absolute Gasteiger partial charge is 0.169 e. The summed E-state index contributed by atoms with van der Waals surface area (Å²) in [6, 6.07) is 7.87. The van der Waals surface area contributed by atoms with Crippen LogP contribution in [0.5, 0.6) is 0 Å². The normalized spacial score (nSPS) is 11.7. The Kier molecular flexibility index (Phi) is 3.90. The van der Waals surface area contributed by atoms with Crippen LogP contribution in [-0.4, -0.2) is 15.8 Å². The van der Waals surface area contributed by atoms with Gasteiger partial charge in [0.25, 0.3) is 0 Å². The number of hydrazone groups is 1. The van der Waals surface area contributed by atoms with Crippen LogP contribution in [0.25, 0.3) is 11.0 Å². The Morgan fingerprint density at radius 3 is 3.00 bits per heavy atom. The van der Waals surface area contributed by atoms with Gasteiger partial charge in [-0.1, -0.05) is 0 Å². The first-order chi connectivity index (χ1) is 8.83. The second-order valence-corrected chi connectivity index (χ2v) is 3.86. The fourth-order valence-electron chi connectivity index (χ4n) is 1.71. The topological polar surface area (TPSA) is 100 Å². The minimum atomic E-state index is 0.355. The van der Waals surface area contributed by atoms with E-state index in [0.717, 1.165) is 29.6 Å². The van der Waals surface area contributed by atoms with Crippen LogP contribution in [0.3, 0.4) is 0 Å². The fraction of sp³-hybridized carbons (Fsp3) is 0.250. The monoisotopic (exact) mass is 242 g/mol. The molecule has 0 spiro atoms. The molecule has 0 atom stereocenters. The number of amidine groups is 1. The van der Waals surface area contributed by atoms with E-state index < -0.39 is 0 Å². The summed E-state index contributed by atoms with van der Waals surface area (Å²) in [5.74, 6) is 5.44. The Morgan fingerprint density at radius 2 is 2.22 bits per heavy atom. The van der Waals surface area contributed by atoms with Crippen molar-refractivity contribution < 1.29 is 0 Å². The van der Waals surface area contributed by atoms with Crippen molar-refractivity contribution in [3.05, 3.63) is 36.2 Å². The second-order valence-electron chi connectivity index (χ2n) is 3.86. The molecule has 2 aromatic heterocycles. The molecule has 0 aliphatic carbocycles. The quantitative estimate of drug-likeness (QED) is 0.282. The zero-order valence-electron chi connectivity index (χ0n) is 9.87. The lowest BCUT2D eigenvalue weighted by Gasteiger charge is -2.02. The molecule has 0 radical (unpaired) electrons. The van der Waals surface area contributed by atoms with E-state index in [1.165, 1.54) is 0 Å². The van der Waals surface area contributed by atoms with E-state index >= 15 is 0 Å². The van der Waals surface area contributed by atoms with Crippen LogP contribution in [0, 0.1) is 5.53 Å². The Balaban J connectivity index is 2.02. The number of fused-ring (bicyclic) bond motifs is 1. The molecule has 0 saturated carbocycles. The van der Waals surface area contributed by atoms with Gasteiger partial charge in [0, 0.05) is 23.7 Å². The minimum Gasteiger partial charge on any atom is -0.321 e. The maximum absolute atomic E-state index is 6.84. The third kappa shape index (κ3) is 2.85. The highest BCUT2D eigenvalue weighted by atomic mass is 15.2. The predicted octanol–water partition coefficient (Wildman–Crippen LogP) is 2.26. The lowest BCUT2D eigenvalue weighted by molar-refractivity contribution is 0.828. The van der Waals surface area contributed by atoms with E-state index in [9.17, 15) is 0 Å². The molecular weight excluding hydrogens is 228 g/mol. The van der Waals surface area contributed by atoms with Crippen LogP contribution in [0.15, 0.2) is 40.7 Å². The van der Waals surface area contributed by atoms with Gasteiger partial charge in [-0.2, -0.15) is 5.10 Å². The number of aromatic nitrogens is 2. The molecule has 0 saturated heterocycles. The van der Waals surface area contributed by atoms with Gasteiger partial charge in [0.2, 0.25) is 0 Å². The second kappa shape index (κ2) is 5.81. The van der Waals surface area contributed by atoms with Crippen LogP contribution in [0.2, 0.25) is 0 Å². The van der Waals surface area contributed by atoms with Crippen molar-refractivity contribution in [2.45, 2.75) is 19.3 Å². The Bertz CT molecular complexity index is 578. The largest absolute Gasteiger partial charge is 0.321 e. The van der Waals surface area contributed by atoms with Crippen LogP contribution in [-0.2, 0) is 6.42 Å². The molecule has 2 heterocycles. The Morgan fingerprint density at radius 1 is 1.33 bits per heavy atom. The summed E-state index contributed by atoms with van der Waals surface area (Å²) in [6.45, 7) is 0.